The van der Waals surface area contributed by atoms with Crippen LogP contribution >= 0.6 is 11.8 Å². The normalized spacial score (nSPS) is 17.6. The molecule has 1 N–H and O–H groups in total. The van der Waals surface area contributed by atoms with Crippen molar-refractivity contribution in [3.05, 3.63) is 24.3 Å². The van der Waals surface area contributed by atoms with E-state index in [4.69, 9.17) is 0 Å². The Hall–Kier alpha value is -0.840. The molecular weight excluding hydrogens is 259 g/mol. The first-order valence-corrected chi connectivity index (χ1v) is 6.92. The number of benzene rings is 1. The zero-order valence-corrected chi connectivity index (χ0v) is 10.9. The largest absolute Gasteiger partial charge is 0.446 e. The maximum absolute atomic E-state index is 12.2. The van der Waals surface area contributed by atoms with E-state index in [0.717, 1.165) is 18.0 Å². The van der Waals surface area contributed by atoms with E-state index in [2.05, 4.69) is 12.2 Å². The summed E-state index contributed by atoms with van der Waals surface area (Å²) in [5.41, 5.74) is -3.31. The van der Waals surface area contributed by atoms with Crippen LogP contribution in [0.3, 0.4) is 0 Å². The summed E-state index contributed by atoms with van der Waals surface area (Å²) >= 11 is -0.0750. The van der Waals surface area contributed by atoms with Gasteiger partial charge in [-0.15, -0.1) is 0 Å². The lowest BCUT2D eigenvalue weighted by molar-refractivity contribution is -0.0328. The highest BCUT2D eigenvalue weighted by Crippen LogP contribution is 2.38. The third kappa shape index (κ3) is 4.12. The van der Waals surface area contributed by atoms with Gasteiger partial charge in [0.1, 0.15) is 0 Å². The highest BCUT2D eigenvalue weighted by Gasteiger charge is 2.30. The van der Waals surface area contributed by atoms with E-state index in [1.807, 2.05) is 0 Å². The Morgan fingerprint density at radius 1 is 1.28 bits per heavy atom. The van der Waals surface area contributed by atoms with E-state index in [0.29, 0.717) is 6.04 Å². The van der Waals surface area contributed by atoms with Crippen molar-refractivity contribution in [2.75, 3.05) is 5.32 Å². The predicted molar refractivity (Wildman–Crippen MR) is 68.8 cm³/mol. The molecule has 0 heterocycles. The fourth-order valence-corrected chi connectivity index (χ4v) is 2.56. The Balaban J connectivity index is 1.94. The summed E-state index contributed by atoms with van der Waals surface area (Å²) in [5, 5.41) is 3.39. The fraction of sp³-hybridized carbons (Fsp3) is 0.538. The monoisotopic (exact) mass is 275 g/mol. The van der Waals surface area contributed by atoms with Crippen LogP contribution in [0, 0.1) is 5.92 Å². The van der Waals surface area contributed by atoms with Gasteiger partial charge in [0.15, 0.2) is 0 Å². The standard InChI is InChI=1S/C13H16F3NS/c1-2-12(9-3-4-9)17-10-5-7-11(8-6-10)18-13(14,15)16/h5-9,12,17H,2-4H2,1H3. The number of nitrogens with one attached hydrogen (secondary N) is 1. The lowest BCUT2D eigenvalue weighted by atomic mass is 10.1. The van der Waals surface area contributed by atoms with Crippen molar-refractivity contribution in [1.82, 2.24) is 0 Å². The van der Waals surface area contributed by atoms with Gasteiger partial charge in [0.25, 0.3) is 0 Å². The van der Waals surface area contributed by atoms with E-state index >= 15 is 0 Å². The van der Waals surface area contributed by atoms with Gasteiger partial charge in [-0.2, -0.15) is 13.2 Å². The molecule has 1 aliphatic rings. The molecule has 0 aromatic heterocycles. The Morgan fingerprint density at radius 2 is 1.89 bits per heavy atom. The van der Waals surface area contributed by atoms with Crippen LogP contribution in [-0.2, 0) is 0 Å². The molecule has 5 heteroatoms. The zero-order chi connectivity index (χ0) is 13.2. The molecule has 1 fully saturated rings. The van der Waals surface area contributed by atoms with Crippen LogP contribution in [0.5, 0.6) is 0 Å². The van der Waals surface area contributed by atoms with Gasteiger partial charge in [-0.1, -0.05) is 6.92 Å². The molecule has 1 atom stereocenters. The molecule has 1 saturated carbocycles. The maximum atomic E-state index is 12.2. The van der Waals surface area contributed by atoms with Gasteiger partial charge in [0.2, 0.25) is 0 Å². The van der Waals surface area contributed by atoms with Crippen LogP contribution < -0.4 is 5.32 Å². The Kier molecular flexibility index (Phi) is 4.10. The third-order valence-electron chi connectivity index (χ3n) is 3.07. The summed E-state index contributed by atoms with van der Waals surface area (Å²) in [6.45, 7) is 2.13. The zero-order valence-electron chi connectivity index (χ0n) is 10.1. The van der Waals surface area contributed by atoms with E-state index in [1.54, 1.807) is 12.1 Å². The third-order valence-corrected chi connectivity index (χ3v) is 3.81. The minimum absolute atomic E-state index is 0.0750. The van der Waals surface area contributed by atoms with Gasteiger partial charge < -0.3 is 5.32 Å². The molecule has 0 saturated heterocycles. The lowest BCUT2D eigenvalue weighted by Crippen LogP contribution is -2.20. The summed E-state index contributed by atoms with van der Waals surface area (Å²) in [6, 6.07) is 6.92. The molecule has 1 aromatic carbocycles. The van der Waals surface area contributed by atoms with Gasteiger partial charge in [-0.05, 0) is 61.2 Å². The first-order valence-electron chi connectivity index (χ1n) is 6.10. The summed E-state index contributed by atoms with van der Waals surface area (Å²) in [7, 11) is 0. The predicted octanol–water partition coefficient (Wildman–Crippen LogP) is 4.90. The molecule has 1 aliphatic carbocycles. The molecule has 0 amide bonds. The Morgan fingerprint density at radius 3 is 2.33 bits per heavy atom. The van der Waals surface area contributed by atoms with Crippen LogP contribution in [0.4, 0.5) is 18.9 Å². The molecule has 2 rings (SSSR count). The van der Waals surface area contributed by atoms with E-state index < -0.39 is 5.51 Å². The lowest BCUT2D eigenvalue weighted by Gasteiger charge is -2.17. The minimum atomic E-state index is -4.21. The molecule has 0 radical (unpaired) electrons. The minimum Gasteiger partial charge on any atom is -0.382 e. The summed E-state index contributed by atoms with van der Waals surface area (Å²) in [5.74, 6) is 0.735. The number of thioether (sulfide) groups is 1. The van der Waals surface area contributed by atoms with Crippen molar-refractivity contribution in [1.29, 1.82) is 0 Å². The van der Waals surface area contributed by atoms with Gasteiger partial charge in [-0.25, -0.2) is 0 Å². The van der Waals surface area contributed by atoms with Crippen molar-refractivity contribution in [3.8, 4) is 0 Å². The summed E-state index contributed by atoms with van der Waals surface area (Å²) in [6.07, 6.45) is 3.56. The number of hydrogen-bond donors (Lipinski definition) is 1. The molecule has 0 bridgehead atoms. The molecule has 1 aromatic rings. The molecule has 0 aliphatic heterocycles. The van der Waals surface area contributed by atoms with Crippen LogP contribution in [0.2, 0.25) is 0 Å². The number of rotatable bonds is 5. The van der Waals surface area contributed by atoms with Crippen LogP contribution in [0.15, 0.2) is 29.2 Å². The first-order chi connectivity index (χ1) is 8.48. The van der Waals surface area contributed by atoms with Crippen molar-refractivity contribution in [2.45, 2.75) is 42.6 Å². The van der Waals surface area contributed by atoms with Gasteiger partial charge in [-0.3, -0.25) is 0 Å². The quantitative estimate of drug-likeness (QED) is 0.767. The summed E-state index contributed by atoms with van der Waals surface area (Å²) in [4.78, 5) is 0.229. The van der Waals surface area contributed by atoms with Crippen molar-refractivity contribution in [2.24, 2.45) is 5.92 Å². The van der Waals surface area contributed by atoms with E-state index in [1.165, 1.54) is 25.0 Å². The second-order valence-corrected chi connectivity index (χ2v) is 5.71. The molecule has 1 nitrogen and oxygen atoms in total. The fourth-order valence-electron chi connectivity index (χ4n) is 2.02. The molecule has 0 spiro atoms. The van der Waals surface area contributed by atoms with Crippen molar-refractivity contribution < 1.29 is 13.2 Å². The highest BCUT2D eigenvalue weighted by molar-refractivity contribution is 8.00. The van der Waals surface area contributed by atoms with Gasteiger partial charge in [0.05, 0.1) is 0 Å². The SMILES string of the molecule is CCC(Nc1ccc(SC(F)(F)F)cc1)C1CC1. The molecule has 100 valence electrons. The Bertz CT molecular complexity index is 384. The van der Waals surface area contributed by atoms with Crippen LogP contribution in [0.1, 0.15) is 26.2 Å². The van der Waals surface area contributed by atoms with Gasteiger partial charge >= 0.3 is 5.51 Å². The second-order valence-electron chi connectivity index (χ2n) is 4.57. The summed E-state index contributed by atoms with van der Waals surface area (Å²) < 4.78 is 36.5. The smallest absolute Gasteiger partial charge is 0.382 e. The second kappa shape index (κ2) is 5.43. The average molecular weight is 275 g/mol. The molecule has 18 heavy (non-hydrogen) atoms. The number of halogens is 3. The first kappa shape index (κ1) is 13.6. The highest BCUT2D eigenvalue weighted by atomic mass is 32.2. The van der Waals surface area contributed by atoms with Crippen molar-refractivity contribution >= 4 is 17.4 Å². The average Bonchev–Trinajstić information content (AvgIpc) is 3.10. The van der Waals surface area contributed by atoms with E-state index in [9.17, 15) is 13.2 Å². The molecule has 1 unspecified atom stereocenters. The number of anilines is 1. The molecular formula is C13H16F3NS. The van der Waals surface area contributed by atoms with Crippen molar-refractivity contribution in [3.63, 3.8) is 0 Å². The van der Waals surface area contributed by atoms with Gasteiger partial charge in [0, 0.05) is 16.6 Å². The number of hydrogen-bond acceptors (Lipinski definition) is 2. The van der Waals surface area contributed by atoms with Crippen LogP contribution in [-0.4, -0.2) is 11.6 Å². The topological polar surface area (TPSA) is 12.0 Å². The Labute approximate surface area is 109 Å². The maximum Gasteiger partial charge on any atom is 0.446 e. The van der Waals surface area contributed by atoms with E-state index in [-0.39, 0.29) is 16.7 Å². The number of alkyl halides is 3. The van der Waals surface area contributed by atoms with Crippen LogP contribution in [0.25, 0.3) is 0 Å².